The number of benzene rings is 1. The van der Waals surface area contributed by atoms with Crippen molar-refractivity contribution in [1.29, 1.82) is 0 Å². The number of sulfone groups is 1. The number of nitrogens with zero attached hydrogens (tertiary/aromatic N) is 1. The minimum absolute atomic E-state index is 0.193. The lowest BCUT2D eigenvalue weighted by atomic mass is 10.3. The van der Waals surface area contributed by atoms with Crippen LogP contribution in [0.5, 0.6) is 0 Å². The standard InChI is InChI=1S/C13H18N2O2S2/c1-3-7-14-13-15-11-6-5-10(9-12(11)18-13)19(16,17)8-4-2/h5-6,9H,3-4,7-8H2,1-2H3,(H,14,15). The molecular weight excluding hydrogens is 280 g/mol. The summed E-state index contributed by atoms with van der Waals surface area (Å²) in [5, 5.41) is 4.07. The van der Waals surface area contributed by atoms with Crippen molar-refractivity contribution in [2.45, 2.75) is 31.6 Å². The number of thiazole rings is 1. The van der Waals surface area contributed by atoms with E-state index in [0.29, 0.717) is 11.3 Å². The molecule has 0 amide bonds. The van der Waals surface area contributed by atoms with Crippen molar-refractivity contribution < 1.29 is 8.42 Å². The lowest BCUT2D eigenvalue weighted by molar-refractivity contribution is 0.595. The topological polar surface area (TPSA) is 59.1 Å². The van der Waals surface area contributed by atoms with E-state index < -0.39 is 9.84 Å². The number of hydrogen-bond donors (Lipinski definition) is 1. The molecule has 0 aliphatic heterocycles. The average Bonchev–Trinajstić information content (AvgIpc) is 2.77. The molecule has 2 rings (SSSR count). The number of aromatic nitrogens is 1. The number of rotatable bonds is 6. The molecule has 0 saturated carbocycles. The molecule has 0 radical (unpaired) electrons. The van der Waals surface area contributed by atoms with Gasteiger partial charge in [-0.1, -0.05) is 25.2 Å². The van der Waals surface area contributed by atoms with Crippen LogP contribution in [0.25, 0.3) is 10.2 Å². The lowest BCUT2D eigenvalue weighted by Crippen LogP contribution is -2.05. The fourth-order valence-electron chi connectivity index (χ4n) is 1.79. The van der Waals surface area contributed by atoms with Gasteiger partial charge in [-0.25, -0.2) is 13.4 Å². The SMILES string of the molecule is CCCNc1nc2ccc(S(=O)(=O)CCC)cc2s1. The molecule has 0 aliphatic carbocycles. The highest BCUT2D eigenvalue weighted by Crippen LogP contribution is 2.28. The highest BCUT2D eigenvalue weighted by atomic mass is 32.2. The summed E-state index contributed by atoms with van der Waals surface area (Å²) in [5.74, 6) is 0.193. The number of nitrogens with one attached hydrogen (secondary N) is 1. The van der Waals surface area contributed by atoms with Gasteiger partial charge in [-0.3, -0.25) is 0 Å². The highest BCUT2D eigenvalue weighted by Gasteiger charge is 2.14. The van der Waals surface area contributed by atoms with Crippen LogP contribution in [0.1, 0.15) is 26.7 Å². The first-order valence-electron chi connectivity index (χ1n) is 6.44. The Hall–Kier alpha value is -1.14. The maximum Gasteiger partial charge on any atom is 0.183 e. The van der Waals surface area contributed by atoms with E-state index in [9.17, 15) is 8.42 Å². The fraction of sp³-hybridized carbons (Fsp3) is 0.462. The first kappa shape index (κ1) is 14.3. The van der Waals surface area contributed by atoms with E-state index in [0.717, 1.165) is 28.3 Å². The van der Waals surface area contributed by atoms with Crippen LogP contribution in [-0.2, 0) is 9.84 Å². The molecule has 0 fully saturated rings. The predicted molar refractivity (Wildman–Crippen MR) is 80.7 cm³/mol. The first-order chi connectivity index (χ1) is 9.06. The fourth-order valence-corrected chi connectivity index (χ4v) is 4.14. The smallest absolute Gasteiger partial charge is 0.183 e. The number of fused-ring (bicyclic) bond motifs is 1. The van der Waals surface area contributed by atoms with E-state index in [2.05, 4.69) is 17.2 Å². The second kappa shape index (κ2) is 5.88. The van der Waals surface area contributed by atoms with Crippen molar-refractivity contribution in [3.8, 4) is 0 Å². The van der Waals surface area contributed by atoms with Crippen molar-refractivity contribution in [2.75, 3.05) is 17.6 Å². The maximum absolute atomic E-state index is 12.0. The van der Waals surface area contributed by atoms with E-state index in [-0.39, 0.29) is 5.75 Å². The third-order valence-corrected chi connectivity index (χ3v) is 5.61. The molecule has 19 heavy (non-hydrogen) atoms. The number of anilines is 1. The molecule has 1 aromatic heterocycles. The minimum Gasteiger partial charge on any atom is -0.361 e. The minimum atomic E-state index is -3.15. The number of hydrogen-bond acceptors (Lipinski definition) is 5. The predicted octanol–water partition coefficient (Wildman–Crippen LogP) is 3.30. The molecule has 104 valence electrons. The normalized spacial score (nSPS) is 11.9. The van der Waals surface area contributed by atoms with E-state index in [1.165, 1.54) is 11.3 Å². The van der Waals surface area contributed by atoms with Crippen LogP contribution in [0.2, 0.25) is 0 Å². The summed E-state index contributed by atoms with van der Waals surface area (Å²) in [6.07, 6.45) is 1.67. The summed E-state index contributed by atoms with van der Waals surface area (Å²) in [6.45, 7) is 4.84. The summed E-state index contributed by atoms with van der Waals surface area (Å²) < 4.78 is 25.0. The largest absolute Gasteiger partial charge is 0.361 e. The lowest BCUT2D eigenvalue weighted by Gasteiger charge is -2.01. The van der Waals surface area contributed by atoms with Crippen LogP contribution in [0, 0.1) is 0 Å². The van der Waals surface area contributed by atoms with Gasteiger partial charge in [0.2, 0.25) is 0 Å². The van der Waals surface area contributed by atoms with Crippen LogP contribution in [0.4, 0.5) is 5.13 Å². The molecule has 0 unspecified atom stereocenters. The van der Waals surface area contributed by atoms with Gasteiger partial charge in [-0.15, -0.1) is 0 Å². The molecule has 6 heteroatoms. The molecule has 0 spiro atoms. The Balaban J connectivity index is 2.35. The Bertz CT molecular complexity index is 662. The van der Waals surface area contributed by atoms with Gasteiger partial charge in [0.05, 0.1) is 20.9 Å². The molecule has 1 heterocycles. The van der Waals surface area contributed by atoms with E-state index >= 15 is 0 Å². The zero-order valence-corrected chi connectivity index (χ0v) is 12.8. The second-order valence-electron chi connectivity index (χ2n) is 4.39. The monoisotopic (exact) mass is 298 g/mol. The zero-order valence-electron chi connectivity index (χ0n) is 11.1. The molecule has 4 nitrogen and oxygen atoms in total. The Morgan fingerprint density at radius 3 is 2.74 bits per heavy atom. The summed E-state index contributed by atoms with van der Waals surface area (Å²) in [6, 6.07) is 5.16. The van der Waals surface area contributed by atoms with Crippen molar-refractivity contribution >= 4 is 36.5 Å². The summed E-state index contributed by atoms with van der Waals surface area (Å²) >= 11 is 1.50. The third-order valence-electron chi connectivity index (χ3n) is 2.72. The second-order valence-corrected chi connectivity index (χ2v) is 7.53. The quantitative estimate of drug-likeness (QED) is 0.889. The van der Waals surface area contributed by atoms with E-state index in [4.69, 9.17) is 0 Å². The van der Waals surface area contributed by atoms with Gasteiger partial charge >= 0.3 is 0 Å². The van der Waals surface area contributed by atoms with Crippen LogP contribution in [-0.4, -0.2) is 25.7 Å². The van der Waals surface area contributed by atoms with Crippen molar-refractivity contribution in [3.63, 3.8) is 0 Å². The van der Waals surface area contributed by atoms with Crippen LogP contribution >= 0.6 is 11.3 Å². The van der Waals surface area contributed by atoms with E-state index in [1.54, 1.807) is 18.2 Å². The van der Waals surface area contributed by atoms with Crippen molar-refractivity contribution in [3.05, 3.63) is 18.2 Å². The molecule has 0 saturated heterocycles. The first-order valence-corrected chi connectivity index (χ1v) is 8.91. The van der Waals surface area contributed by atoms with Gasteiger partial charge in [0.15, 0.2) is 15.0 Å². The average molecular weight is 298 g/mol. The molecule has 1 aromatic carbocycles. The Kier molecular flexibility index (Phi) is 4.42. The van der Waals surface area contributed by atoms with E-state index in [1.807, 2.05) is 6.92 Å². The van der Waals surface area contributed by atoms with Gasteiger partial charge in [-0.2, -0.15) is 0 Å². The Labute approximate surface area is 117 Å². The van der Waals surface area contributed by atoms with Gasteiger partial charge < -0.3 is 5.32 Å². The van der Waals surface area contributed by atoms with Crippen LogP contribution < -0.4 is 5.32 Å². The molecular formula is C13H18N2O2S2. The van der Waals surface area contributed by atoms with Crippen molar-refractivity contribution in [2.24, 2.45) is 0 Å². The summed E-state index contributed by atoms with van der Waals surface area (Å²) in [7, 11) is -3.15. The summed E-state index contributed by atoms with van der Waals surface area (Å²) in [4.78, 5) is 4.83. The molecule has 0 bridgehead atoms. The molecule has 1 N–H and O–H groups in total. The summed E-state index contributed by atoms with van der Waals surface area (Å²) in [5.41, 5.74) is 0.846. The van der Waals surface area contributed by atoms with Gasteiger partial charge in [0, 0.05) is 6.54 Å². The molecule has 0 aliphatic rings. The molecule has 0 atom stereocenters. The third kappa shape index (κ3) is 3.25. The Morgan fingerprint density at radius 2 is 2.05 bits per heavy atom. The van der Waals surface area contributed by atoms with Gasteiger partial charge in [-0.05, 0) is 31.0 Å². The zero-order chi connectivity index (χ0) is 13.9. The van der Waals surface area contributed by atoms with Crippen LogP contribution in [0.15, 0.2) is 23.1 Å². The highest BCUT2D eigenvalue weighted by molar-refractivity contribution is 7.91. The van der Waals surface area contributed by atoms with Crippen LogP contribution in [0.3, 0.4) is 0 Å². The van der Waals surface area contributed by atoms with Crippen molar-refractivity contribution in [1.82, 2.24) is 4.98 Å². The van der Waals surface area contributed by atoms with Gasteiger partial charge in [0.25, 0.3) is 0 Å². The molecule has 2 aromatic rings. The maximum atomic E-state index is 12.0. The Morgan fingerprint density at radius 1 is 1.26 bits per heavy atom. The van der Waals surface area contributed by atoms with Gasteiger partial charge in [0.1, 0.15) is 0 Å².